The second-order valence-corrected chi connectivity index (χ2v) is 4.24. The van der Waals surface area contributed by atoms with Crippen molar-refractivity contribution in [3.8, 4) is 0 Å². The fraction of sp³-hybridized carbons (Fsp3) is 0.364. The van der Waals surface area contributed by atoms with Crippen LogP contribution >= 0.6 is 0 Å². The van der Waals surface area contributed by atoms with Gasteiger partial charge < -0.3 is 0 Å². The van der Waals surface area contributed by atoms with E-state index in [0.717, 1.165) is 0 Å². The molecule has 0 unspecified atom stereocenters. The van der Waals surface area contributed by atoms with Crippen LogP contribution in [0.2, 0.25) is 0 Å². The minimum atomic E-state index is -0.475. The maximum atomic E-state index is 10.7. The molecule has 0 fully saturated rings. The highest BCUT2D eigenvalue weighted by Gasteiger charge is 2.10. The van der Waals surface area contributed by atoms with Crippen molar-refractivity contribution in [2.24, 2.45) is 9.98 Å². The van der Waals surface area contributed by atoms with Crippen LogP contribution in [0.15, 0.2) is 34.3 Å². The van der Waals surface area contributed by atoms with E-state index in [9.17, 15) is 10.1 Å². The Kier molecular flexibility index (Phi) is 3.53. The van der Waals surface area contributed by atoms with Crippen molar-refractivity contribution in [1.82, 2.24) is 0 Å². The first-order valence-electron chi connectivity index (χ1n) is 4.81. The first kappa shape index (κ1) is 12.1. The van der Waals surface area contributed by atoms with Gasteiger partial charge in [-0.1, -0.05) is 12.1 Å². The van der Waals surface area contributed by atoms with Gasteiger partial charge in [0.2, 0.25) is 0 Å². The Morgan fingerprint density at radius 1 is 1.31 bits per heavy atom. The number of hydrogen-bond acceptors (Lipinski definition) is 4. The summed E-state index contributed by atoms with van der Waals surface area (Å²) in [4.78, 5) is 18.1. The monoisotopic (exact) mass is 219 g/mol. The first-order valence-corrected chi connectivity index (χ1v) is 4.81. The van der Waals surface area contributed by atoms with E-state index >= 15 is 0 Å². The summed E-state index contributed by atoms with van der Waals surface area (Å²) in [6.07, 6.45) is 0. The van der Waals surface area contributed by atoms with E-state index in [4.69, 9.17) is 0 Å². The molecule has 0 aromatic heterocycles. The lowest BCUT2D eigenvalue weighted by Gasteiger charge is -2.06. The topological polar surface area (TPSA) is 67.9 Å². The van der Waals surface area contributed by atoms with Crippen molar-refractivity contribution >= 4 is 17.4 Å². The van der Waals surface area contributed by atoms with Crippen LogP contribution in [0, 0.1) is 10.1 Å². The summed E-state index contributed by atoms with van der Waals surface area (Å²) in [5, 5.41) is 10.7. The molecule has 0 N–H and O–H groups in total. The van der Waals surface area contributed by atoms with Gasteiger partial charge in [-0.25, -0.2) is 4.99 Å². The molecule has 5 nitrogen and oxygen atoms in total. The lowest BCUT2D eigenvalue weighted by molar-refractivity contribution is -0.384. The van der Waals surface area contributed by atoms with Crippen molar-refractivity contribution in [3.63, 3.8) is 0 Å². The van der Waals surface area contributed by atoms with Gasteiger partial charge in [-0.05, 0) is 26.8 Å². The Hall–Kier alpha value is -2.00. The molecule has 0 radical (unpaired) electrons. The number of nitrogens with zero attached hydrogens (tertiary/aromatic N) is 3. The lowest BCUT2D eigenvalue weighted by Crippen LogP contribution is -2.07. The highest BCUT2D eigenvalue weighted by Crippen LogP contribution is 2.25. The van der Waals surface area contributed by atoms with Gasteiger partial charge in [0.05, 0.1) is 16.5 Å². The third kappa shape index (κ3) is 3.63. The number of benzene rings is 1. The van der Waals surface area contributed by atoms with Crippen molar-refractivity contribution in [3.05, 3.63) is 34.4 Å². The van der Waals surface area contributed by atoms with Gasteiger partial charge in [0, 0.05) is 6.07 Å². The Bertz CT molecular complexity index is 455. The van der Waals surface area contributed by atoms with E-state index in [2.05, 4.69) is 16.0 Å². The molecule has 0 spiro atoms. The van der Waals surface area contributed by atoms with Crippen molar-refractivity contribution in [1.29, 1.82) is 0 Å². The van der Waals surface area contributed by atoms with E-state index in [0.29, 0.717) is 0 Å². The number of aliphatic imine (C=N–C) groups is 2. The maximum Gasteiger partial charge on any atom is 0.295 e. The van der Waals surface area contributed by atoms with E-state index in [1.165, 1.54) is 6.07 Å². The Morgan fingerprint density at radius 3 is 2.50 bits per heavy atom. The average molecular weight is 219 g/mol. The van der Waals surface area contributed by atoms with Crippen LogP contribution in [0.25, 0.3) is 0 Å². The smallest absolute Gasteiger partial charge is 0.258 e. The van der Waals surface area contributed by atoms with Crippen molar-refractivity contribution in [2.45, 2.75) is 26.3 Å². The van der Waals surface area contributed by atoms with E-state index < -0.39 is 4.92 Å². The van der Waals surface area contributed by atoms with Crippen LogP contribution in [0.1, 0.15) is 20.8 Å². The highest BCUT2D eigenvalue weighted by molar-refractivity contribution is 5.62. The molecule has 0 atom stereocenters. The molecule has 16 heavy (non-hydrogen) atoms. The van der Waals surface area contributed by atoms with Crippen molar-refractivity contribution in [2.75, 3.05) is 0 Å². The fourth-order valence-electron chi connectivity index (χ4n) is 0.942. The van der Waals surface area contributed by atoms with Crippen LogP contribution in [0.4, 0.5) is 11.4 Å². The molecule has 84 valence electrons. The molecule has 0 aliphatic rings. The van der Waals surface area contributed by atoms with Crippen LogP contribution in [-0.4, -0.2) is 16.5 Å². The number of nitro benzene ring substituents is 1. The van der Waals surface area contributed by atoms with E-state index in [-0.39, 0.29) is 16.9 Å². The summed E-state index contributed by atoms with van der Waals surface area (Å²) in [6.45, 7) is 5.69. The Labute approximate surface area is 93.7 Å². The molecule has 0 amide bonds. The Balaban J connectivity index is 3.07. The molecule has 5 heteroatoms. The third-order valence-electron chi connectivity index (χ3n) is 1.63. The lowest BCUT2D eigenvalue weighted by atomic mass is 10.1. The van der Waals surface area contributed by atoms with Gasteiger partial charge in [0.15, 0.2) is 5.69 Å². The summed E-state index contributed by atoms with van der Waals surface area (Å²) >= 11 is 0. The van der Waals surface area contributed by atoms with E-state index in [1.54, 1.807) is 18.2 Å². The van der Waals surface area contributed by atoms with Crippen LogP contribution in [-0.2, 0) is 0 Å². The molecule has 1 aromatic rings. The summed E-state index contributed by atoms with van der Waals surface area (Å²) in [5.41, 5.74) is -0.0628. The van der Waals surface area contributed by atoms with Gasteiger partial charge in [-0.3, -0.25) is 10.1 Å². The summed E-state index contributed by atoms with van der Waals surface area (Å²) in [7, 11) is 0. The predicted octanol–water partition coefficient (Wildman–Crippen LogP) is 3.20. The van der Waals surface area contributed by atoms with Gasteiger partial charge in [-0.15, -0.1) is 0 Å². The predicted molar refractivity (Wildman–Crippen MR) is 62.4 cm³/mol. The maximum absolute atomic E-state index is 10.7. The SMILES string of the molecule is CC(C)(C)N=C=Nc1ccccc1[N+](=O)[O-]. The summed E-state index contributed by atoms with van der Waals surface area (Å²) < 4.78 is 0. The molecular weight excluding hydrogens is 206 g/mol. The second-order valence-electron chi connectivity index (χ2n) is 4.24. The average Bonchev–Trinajstić information content (AvgIpc) is 2.16. The number of nitro groups is 1. The zero-order valence-electron chi connectivity index (χ0n) is 9.47. The summed E-state index contributed by atoms with van der Waals surface area (Å²) in [5.74, 6) is 0. The Morgan fingerprint density at radius 2 is 1.94 bits per heavy atom. The largest absolute Gasteiger partial charge is 0.295 e. The molecule has 0 aliphatic carbocycles. The molecular formula is C11H13N3O2. The quantitative estimate of drug-likeness (QED) is 0.435. The zero-order chi connectivity index (χ0) is 12.2. The van der Waals surface area contributed by atoms with Crippen LogP contribution in [0.3, 0.4) is 0 Å². The molecule has 1 rings (SSSR count). The molecule has 0 saturated heterocycles. The molecule has 0 saturated carbocycles. The van der Waals surface area contributed by atoms with E-state index in [1.807, 2.05) is 20.8 Å². The van der Waals surface area contributed by atoms with Gasteiger partial charge in [-0.2, -0.15) is 4.99 Å². The van der Waals surface area contributed by atoms with Crippen LogP contribution < -0.4 is 0 Å². The van der Waals surface area contributed by atoms with Crippen molar-refractivity contribution < 1.29 is 4.92 Å². The molecule has 1 aromatic carbocycles. The highest BCUT2D eigenvalue weighted by atomic mass is 16.6. The molecule has 0 heterocycles. The number of rotatable bonds is 2. The van der Waals surface area contributed by atoms with Gasteiger partial charge >= 0.3 is 0 Å². The minimum Gasteiger partial charge on any atom is -0.258 e. The minimum absolute atomic E-state index is 0.0425. The van der Waals surface area contributed by atoms with Gasteiger partial charge in [0.1, 0.15) is 0 Å². The number of para-hydroxylation sites is 2. The standard InChI is InChI=1S/C11H13N3O2/c1-11(2,3)13-8-12-9-6-4-5-7-10(9)14(15)16/h4-7H,1-3H3. The zero-order valence-corrected chi connectivity index (χ0v) is 9.47. The third-order valence-corrected chi connectivity index (χ3v) is 1.63. The molecule has 0 bridgehead atoms. The van der Waals surface area contributed by atoms with Gasteiger partial charge in [0.25, 0.3) is 5.69 Å². The summed E-state index contributed by atoms with van der Waals surface area (Å²) in [6, 6.07) is 8.72. The first-order chi connectivity index (χ1) is 7.40. The van der Waals surface area contributed by atoms with Crippen LogP contribution in [0.5, 0.6) is 0 Å². The molecule has 0 aliphatic heterocycles. The fourth-order valence-corrected chi connectivity index (χ4v) is 0.942. The normalized spacial score (nSPS) is 10.4. The second kappa shape index (κ2) is 4.68. The number of hydrogen-bond donors (Lipinski definition) is 0.